The monoisotopic (exact) mass is 293 g/mol. The second-order valence-electron chi connectivity index (χ2n) is 2.08. The van der Waals surface area contributed by atoms with Crippen LogP contribution in [0, 0.1) is 0 Å². The van der Waals surface area contributed by atoms with Crippen LogP contribution in [0.3, 0.4) is 0 Å². The van der Waals surface area contributed by atoms with E-state index in [2.05, 4.69) is 51.0 Å². The van der Waals surface area contributed by atoms with Crippen LogP contribution in [0.2, 0.25) is 0 Å². The average molecular weight is 294 g/mol. The van der Waals surface area contributed by atoms with Crippen molar-refractivity contribution in [3.63, 3.8) is 0 Å². The van der Waals surface area contributed by atoms with Crippen LogP contribution in [-0.4, -0.2) is 28.3 Å². The first kappa shape index (κ1) is 14.2. The quantitative estimate of drug-likeness (QED) is 0.362. The Morgan fingerprint density at radius 3 is 2.87 bits per heavy atom. The van der Waals surface area contributed by atoms with Gasteiger partial charge in [-0.25, -0.2) is 0 Å². The Morgan fingerprint density at radius 2 is 2.33 bits per heavy atom. The second kappa shape index (κ2) is 9.79. The average Bonchev–Trinajstić information content (AvgIpc) is 2.33. The first-order valence-electron chi connectivity index (χ1n) is 3.71. The molecule has 0 fully saturated rings. The molecule has 1 rings (SSSR count). The van der Waals surface area contributed by atoms with Gasteiger partial charge < -0.3 is 5.32 Å². The molecule has 0 amide bonds. The molecule has 0 spiro atoms. The molecule has 0 atom stereocenters. The van der Waals surface area contributed by atoms with Crippen LogP contribution in [0.1, 0.15) is 5.69 Å². The summed E-state index contributed by atoms with van der Waals surface area (Å²) in [5.41, 5.74) is 3.28. The number of thiocarbonyl (C=S) groups is 1. The molecule has 0 aliphatic carbocycles. The standard InChI is InChI=1S/C7H9N5S.ClH.Cu/c1-8-7(13)12-11-5-6-4-9-2-3-10-6;;/h2-5H,1H3,(H2,8,12,13);1H;/q;;+2/p-1. The molecule has 85 valence electrons. The maximum atomic E-state index is 4.80. The Hall–Kier alpha value is -0.751. The normalized spacial score (nSPS) is 9.07. The van der Waals surface area contributed by atoms with Gasteiger partial charge in [-0.2, -0.15) is 5.10 Å². The Kier molecular flexibility index (Phi) is 9.30. The summed E-state index contributed by atoms with van der Waals surface area (Å²) in [6.45, 7) is 0. The second-order valence-corrected chi connectivity index (χ2v) is 2.49. The molecule has 0 bridgehead atoms. The molecule has 2 N–H and O–H groups in total. The maximum absolute atomic E-state index is 4.80. The van der Waals surface area contributed by atoms with Gasteiger partial charge in [-0.05, 0) is 12.2 Å². The third-order valence-corrected chi connectivity index (χ3v) is 1.47. The van der Waals surface area contributed by atoms with Crippen molar-refractivity contribution in [3.8, 4) is 0 Å². The first-order valence-corrected chi connectivity index (χ1v) is 5.41. The molecular formula is C7H9ClCuN5S+. The number of halogens is 1. The number of hydrogen-bond acceptors (Lipinski definition) is 4. The summed E-state index contributed by atoms with van der Waals surface area (Å²) in [4.78, 5) is 7.86. The Labute approximate surface area is 106 Å². The van der Waals surface area contributed by atoms with Crippen molar-refractivity contribution in [1.82, 2.24) is 20.7 Å². The van der Waals surface area contributed by atoms with E-state index in [0.29, 0.717) is 10.8 Å². The summed E-state index contributed by atoms with van der Waals surface area (Å²) in [7, 11) is 5.92. The number of hydrazone groups is 1. The van der Waals surface area contributed by atoms with Gasteiger partial charge in [0.05, 0.1) is 12.4 Å². The zero-order valence-electron chi connectivity index (χ0n) is 7.74. The van der Waals surface area contributed by atoms with Crippen LogP contribution >= 0.6 is 22.3 Å². The SMILES string of the molecule is CNC(=S)NN=Cc1cnccn1.[Cl][Cu+]. The first-order chi connectivity index (χ1) is 7.33. The molecule has 1 aromatic rings. The molecule has 0 unspecified atom stereocenters. The van der Waals surface area contributed by atoms with Crippen molar-refractivity contribution in [2.75, 3.05) is 7.05 Å². The molecule has 0 saturated heterocycles. The van der Waals surface area contributed by atoms with Gasteiger partial charge in [0.1, 0.15) is 5.69 Å². The molecule has 1 heterocycles. The van der Waals surface area contributed by atoms with Crippen LogP contribution in [-0.2, 0) is 15.1 Å². The molecule has 0 radical (unpaired) electrons. The fraction of sp³-hybridized carbons (Fsp3) is 0.143. The van der Waals surface area contributed by atoms with E-state index >= 15 is 0 Å². The fourth-order valence-corrected chi connectivity index (χ4v) is 0.643. The number of nitrogens with one attached hydrogen (secondary N) is 2. The van der Waals surface area contributed by atoms with Crippen LogP contribution in [0.15, 0.2) is 23.7 Å². The third kappa shape index (κ3) is 7.21. The molecule has 0 aliphatic heterocycles. The van der Waals surface area contributed by atoms with Crippen LogP contribution < -0.4 is 10.7 Å². The summed E-state index contributed by atoms with van der Waals surface area (Å²) in [5.74, 6) is 0. The van der Waals surface area contributed by atoms with Crippen molar-refractivity contribution in [2.24, 2.45) is 5.10 Å². The number of aromatic nitrogens is 2. The van der Waals surface area contributed by atoms with Gasteiger partial charge in [-0.15, -0.1) is 0 Å². The van der Waals surface area contributed by atoms with Gasteiger partial charge >= 0.3 is 25.2 Å². The molecule has 5 nitrogen and oxygen atoms in total. The minimum absolute atomic E-state index is 0.458. The Bertz CT molecular complexity index is 308. The van der Waals surface area contributed by atoms with Crippen LogP contribution in [0.25, 0.3) is 0 Å². The third-order valence-electron chi connectivity index (χ3n) is 1.17. The van der Waals surface area contributed by atoms with E-state index in [1.807, 2.05) is 0 Å². The predicted octanol–water partition coefficient (Wildman–Crippen LogP) is 0.591. The van der Waals surface area contributed by atoms with Gasteiger partial charge in [-0.3, -0.25) is 15.4 Å². The number of hydrogen-bond donors (Lipinski definition) is 2. The fourth-order valence-electron chi connectivity index (χ4n) is 0.590. The molecule has 1 aromatic heterocycles. The number of nitrogens with zero attached hydrogens (tertiary/aromatic N) is 3. The molecule has 0 aliphatic rings. The summed E-state index contributed by atoms with van der Waals surface area (Å²) >= 11 is 8.46. The van der Waals surface area contributed by atoms with Crippen molar-refractivity contribution in [2.45, 2.75) is 0 Å². The Morgan fingerprint density at radius 1 is 1.60 bits per heavy atom. The minimum atomic E-state index is 0.458. The summed E-state index contributed by atoms with van der Waals surface area (Å²) in [5, 5.41) is 7.01. The van der Waals surface area contributed by atoms with E-state index in [1.54, 1.807) is 25.6 Å². The van der Waals surface area contributed by atoms with E-state index < -0.39 is 0 Å². The van der Waals surface area contributed by atoms with Crippen LogP contribution in [0.5, 0.6) is 0 Å². The van der Waals surface area contributed by atoms with Crippen LogP contribution in [0.4, 0.5) is 0 Å². The molecule has 0 aromatic carbocycles. The van der Waals surface area contributed by atoms with Gasteiger partial charge in [0.25, 0.3) is 0 Å². The molecule has 8 heteroatoms. The van der Waals surface area contributed by atoms with Gasteiger partial charge in [0.15, 0.2) is 5.11 Å². The Balaban J connectivity index is 0.000000921. The predicted molar refractivity (Wildman–Crippen MR) is 60.3 cm³/mol. The van der Waals surface area contributed by atoms with Gasteiger partial charge in [0, 0.05) is 19.4 Å². The van der Waals surface area contributed by atoms with E-state index in [9.17, 15) is 0 Å². The summed E-state index contributed by atoms with van der Waals surface area (Å²) < 4.78 is 0. The van der Waals surface area contributed by atoms with Crippen molar-refractivity contribution < 1.29 is 15.1 Å². The number of rotatable bonds is 2. The van der Waals surface area contributed by atoms with Crippen molar-refractivity contribution in [1.29, 1.82) is 0 Å². The van der Waals surface area contributed by atoms with E-state index in [-0.39, 0.29) is 0 Å². The van der Waals surface area contributed by atoms with E-state index in [1.165, 1.54) is 6.21 Å². The van der Waals surface area contributed by atoms with E-state index in [4.69, 9.17) is 12.2 Å². The van der Waals surface area contributed by atoms with Crippen molar-refractivity contribution >= 4 is 33.6 Å². The molecule has 0 saturated carbocycles. The summed E-state index contributed by atoms with van der Waals surface area (Å²) in [6.07, 6.45) is 6.34. The van der Waals surface area contributed by atoms with E-state index in [0.717, 1.165) is 0 Å². The molecule has 15 heavy (non-hydrogen) atoms. The van der Waals surface area contributed by atoms with Crippen molar-refractivity contribution in [3.05, 3.63) is 24.3 Å². The zero-order valence-corrected chi connectivity index (χ0v) is 10.3. The zero-order chi connectivity index (χ0) is 11.5. The topological polar surface area (TPSA) is 62.2 Å². The van der Waals surface area contributed by atoms with Gasteiger partial charge in [-0.1, -0.05) is 0 Å². The molecular weight excluding hydrogens is 285 g/mol. The van der Waals surface area contributed by atoms with Gasteiger partial charge in [0.2, 0.25) is 0 Å². The summed E-state index contributed by atoms with van der Waals surface area (Å²) in [6, 6.07) is 0.